The van der Waals surface area contributed by atoms with E-state index in [0.29, 0.717) is 11.4 Å². The van der Waals surface area contributed by atoms with Crippen LogP contribution in [-0.2, 0) is 6.42 Å². The molecule has 104 valence electrons. The van der Waals surface area contributed by atoms with Crippen LogP contribution in [0.25, 0.3) is 0 Å². The molecule has 1 aromatic heterocycles. The predicted octanol–water partition coefficient (Wildman–Crippen LogP) is 2.94. The van der Waals surface area contributed by atoms with Crippen LogP contribution in [0, 0.1) is 0 Å². The lowest BCUT2D eigenvalue weighted by molar-refractivity contribution is 0.102. The van der Waals surface area contributed by atoms with Gasteiger partial charge in [0.2, 0.25) is 0 Å². The summed E-state index contributed by atoms with van der Waals surface area (Å²) < 4.78 is 0.960. The number of rotatable bonds is 4. The van der Waals surface area contributed by atoms with Crippen molar-refractivity contribution in [3.63, 3.8) is 0 Å². The number of nitrogens with zero attached hydrogens (tertiary/aromatic N) is 1. The first kappa shape index (κ1) is 14.5. The predicted molar refractivity (Wildman–Crippen MR) is 83.5 cm³/mol. The molecule has 0 saturated heterocycles. The van der Waals surface area contributed by atoms with Gasteiger partial charge in [0, 0.05) is 21.4 Å². The van der Waals surface area contributed by atoms with Crippen molar-refractivity contribution < 1.29 is 4.79 Å². The summed E-state index contributed by atoms with van der Waals surface area (Å²) in [6.07, 6.45) is 0.730. The minimum absolute atomic E-state index is 0.194. The number of halogens is 1. The highest BCUT2D eigenvalue weighted by Gasteiger charge is 2.09. The van der Waals surface area contributed by atoms with Crippen LogP contribution in [0.15, 0.2) is 40.9 Å². The lowest BCUT2D eigenvalue weighted by Gasteiger charge is -2.08. The van der Waals surface area contributed by atoms with Gasteiger partial charge in [-0.25, -0.2) is 10.8 Å². The SMILES string of the molecule is CCc1cc(C(=O)Nc2ccc(Br)cc2)cc(NN)n1. The van der Waals surface area contributed by atoms with E-state index in [4.69, 9.17) is 5.84 Å². The molecule has 0 bridgehead atoms. The summed E-state index contributed by atoms with van der Waals surface area (Å²) in [6.45, 7) is 1.97. The third kappa shape index (κ3) is 3.55. The quantitative estimate of drug-likeness (QED) is 0.593. The number of amides is 1. The summed E-state index contributed by atoms with van der Waals surface area (Å²) in [5.41, 5.74) is 4.53. The number of hydrogen-bond acceptors (Lipinski definition) is 4. The number of carbonyl (C=O) groups excluding carboxylic acids is 1. The van der Waals surface area contributed by atoms with Gasteiger partial charge < -0.3 is 10.7 Å². The maximum Gasteiger partial charge on any atom is 0.255 e. The lowest BCUT2D eigenvalue weighted by Crippen LogP contribution is -2.15. The summed E-state index contributed by atoms with van der Waals surface area (Å²) >= 11 is 3.35. The zero-order chi connectivity index (χ0) is 14.5. The third-order valence-electron chi connectivity index (χ3n) is 2.75. The van der Waals surface area contributed by atoms with E-state index in [0.717, 1.165) is 22.3 Å². The van der Waals surface area contributed by atoms with Crippen LogP contribution >= 0.6 is 15.9 Å². The second kappa shape index (κ2) is 6.49. The van der Waals surface area contributed by atoms with Crippen molar-refractivity contribution in [2.75, 3.05) is 10.7 Å². The topological polar surface area (TPSA) is 80.0 Å². The van der Waals surface area contributed by atoms with Gasteiger partial charge in [0.05, 0.1) is 0 Å². The normalized spacial score (nSPS) is 10.2. The Bertz CT molecular complexity index is 591. The molecule has 0 fully saturated rings. The molecular formula is C14H15BrN4O. The molecule has 1 heterocycles. The van der Waals surface area contributed by atoms with Gasteiger partial charge in [0.25, 0.3) is 5.91 Å². The molecule has 4 N–H and O–H groups in total. The molecule has 0 aliphatic heterocycles. The van der Waals surface area contributed by atoms with E-state index in [9.17, 15) is 4.79 Å². The van der Waals surface area contributed by atoms with Gasteiger partial charge >= 0.3 is 0 Å². The smallest absolute Gasteiger partial charge is 0.255 e. The van der Waals surface area contributed by atoms with Gasteiger partial charge in [-0.05, 0) is 42.8 Å². The zero-order valence-electron chi connectivity index (χ0n) is 11.0. The zero-order valence-corrected chi connectivity index (χ0v) is 12.6. The average Bonchev–Trinajstić information content (AvgIpc) is 2.48. The van der Waals surface area contributed by atoms with Crippen LogP contribution in [0.2, 0.25) is 0 Å². The first-order valence-corrected chi connectivity index (χ1v) is 6.96. The molecule has 0 saturated carbocycles. The Morgan fingerprint density at radius 2 is 2.00 bits per heavy atom. The number of aryl methyl sites for hydroxylation is 1. The van der Waals surface area contributed by atoms with E-state index >= 15 is 0 Å². The van der Waals surface area contributed by atoms with E-state index < -0.39 is 0 Å². The van der Waals surface area contributed by atoms with E-state index in [1.807, 2.05) is 31.2 Å². The number of pyridine rings is 1. The fourth-order valence-electron chi connectivity index (χ4n) is 1.71. The summed E-state index contributed by atoms with van der Waals surface area (Å²) in [7, 11) is 0. The maximum absolute atomic E-state index is 12.2. The van der Waals surface area contributed by atoms with Crippen LogP contribution in [0.5, 0.6) is 0 Å². The number of carbonyl (C=O) groups is 1. The van der Waals surface area contributed by atoms with Gasteiger partial charge in [0.15, 0.2) is 0 Å². The molecule has 0 aliphatic rings. The molecule has 5 nitrogen and oxygen atoms in total. The van der Waals surface area contributed by atoms with Crippen LogP contribution in [0.4, 0.5) is 11.5 Å². The van der Waals surface area contributed by atoms with Crippen molar-refractivity contribution in [1.29, 1.82) is 0 Å². The molecule has 6 heteroatoms. The first-order chi connectivity index (χ1) is 9.62. The second-order valence-corrected chi connectivity index (χ2v) is 5.11. The number of hydrazine groups is 1. The number of anilines is 2. The summed E-state index contributed by atoms with van der Waals surface area (Å²) in [5, 5.41) is 2.83. The molecular weight excluding hydrogens is 320 g/mol. The highest BCUT2D eigenvalue weighted by molar-refractivity contribution is 9.10. The summed E-state index contributed by atoms with van der Waals surface area (Å²) in [5.74, 6) is 5.65. The molecule has 0 atom stereocenters. The molecule has 1 aromatic carbocycles. The molecule has 0 unspecified atom stereocenters. The van der Waals surface area contributed by atoms with Gasteiger partial charge in [-0.1, -0.05) is 22.9 Å². The van der Waals surface area contributed by atoms with E-state index in [1.165, 1.54) is 0 Å². The number of benzene rings is 1. The van der Waals surface area contributed by atoms with Crippen LogP contribution < -0.4 is 16.6 Å². The Morgan fingerprint density at radius 1 is 1.30 bits per heavy atom. The Morgan fingerprint density at radius 3 is 2.60 bits per heavy atom. The van der Waals surface area contributed by atoms with Crippen molar-refractivity contribution in [2.24, 2.45) is 5.84 Å². The second-order valence-electron chi connectivity index (χ2n) is 4.19. The molecule has 1 amide bonds. The van der Waals surface area contributed by atoms with Crippen molar-refractivity contribution in [1.82, 2.24) is 4.98 Å². The van der Waals surface area contributed by atoms with Gasteiger partial charge in [0.1, 0.15) is 5.82 Å². The summed E-state index contributed by atoms with van der Waals surface area (Å²) in [4.78, 5) is 16.5. The van der Waals surface area contributed by atoms with Crippen molar-refractivity contribution in [2.45, 2.75) is 13.3 Å². The number of nitrogen functional groups attached to an aromatic ring is 1. The Labute approximate surface area is 125 Å². The van der Waals surface area contributed by atoms with Crippen LogP contribution in [0.1, 0.15) is 23.0 Å². The fourth-order valence-corrected chi connectivity index (χ4v) is 1.97. The lowest BCUT2D eigenvalue weighted by atomic mass is 10.1. The number of aromatic nitrogens is 1. The molecule has 20 heavy (non-hydrogen) atoms. The maximum atomic E-state index is 12.2. The Balaban J connectivity index is 2.22. The molecule has 0 radical (unpaired) electrons. The monoisotopic (exact) mass is 334 g/mol. The van der Waals surface area contributed by atoms with Crippen molar-refractivity contribution in [3.8, 4) is 0 Å². The highest BCUT2D eigenvalue weighted by atomic mass is 79.9. The molecule has 0 spiro atoms. The van der Waals surface area contributed by atoms with Gasteiger partial charge in [-0.2, -0.15) is 0 Å². The van der Waals surface area contributed by atoms with E-state index in [1.54, 1.807) is 12.1 Å². The summed E-state index contributed by atoms with van der Waals surface area (Å²) in [6, 6.07) is 10.8. The number of nitrogens with two attached hydrogens (primary N) is 1. The number of nitrogens with one attached hydrogen (secondary N) is 2. The van der Waals surface area contributed by atoms with E-state index in [-0.39, 0.29) is 5.91 Å². The number of hydrogen-bond donors (Lipinski definition) is 3. The van der Waals surface area contributed by atoms with Crippen LogP contribution in [-0.4, -0.2) is 10.9 Å². The van der Waals surface area contributed by atoms with Crippen molar-refractivity contribution >= 4 is 33.3 Å². The third-order valence-corrected chi connectivity index (χ3v) is 3.28. The molecule has 2 rings (SSSR count). The minimum atomic E-state index is -0.194. The molecule has 0 aliphatic carbocycles. The average molecular weight is 335 g/mol. The highest BCUT2D eigenvalue weighted by Crippen LogP contribution is 2.16. The standard InChI is InChI=1S/C14H15BrN4O/c1-2-11-7-9(8-13(17-11)19-16)14(20)18-12-5-3-10(15)4-6-12/h3-8H,2,16H2,1H3,(H,17,19)(H,18,20). The Hall–Kier alpha value is -1.92. The minimum Gasteiger partial charge on any atom is -0.322 e. The first-order valence-electron chi connectivity index (χ1n) is 6.17. The molecule has 2 aromatic rings. The van der Waals surface area contributed by atoms with Gasteiger partial charge in [-0.15, -0.1) is 0 Å². The van der Waals surface area contributed by atoms with Gasteiger partial charge in [-0.3, -0.25) is 4.79 Å². The van der Waals surface area contributed by atoms with Crippen molar-refractivity contribution in [3.05, 3.63) is 52.1 Å². The van der Waals surface area contributed by atoms with E-state index in [2.05, 4.69) is 31.7 Å². The van der Waals surface area contributed by atoms with Crippen LogP contribution in [0.3, 0.4) is 0 Å². The fraction of sp³-hybridized carbons (Fsp3) is 0.143. The Kier molecular flexibility index (Phi) is 4.70. The largest absolute Gasteiger partial charge is 0.322 e.